The molecule has 1 rings (SSSR count). The molecule has 0 bridgehead atoms. The van der Waals surface area contributed by atoms with Crippen LogP contribution in [0.25, 0.3) is 0 Å². The van der Waals surface area contributed by atoms with Gasteiger partial charge in [0.2, 0.25) is 0 Å². The lowest BCUT2D eigenvalue weighted by atomic mass is 10.3. The van der Waals surface area contributed by atoms with Gasteiger partial charge < -0.3 is 19.8 Å². The summed E-state index contributed by atoms with van der Waals surface area (Å²) >= 11 is 0. The predicted octanol–water partition coefficient (Wildman–Crippen LogP) is 2.19. The molecule has 20 heavy (non-hydrogen) atoms. The van der Waals surface area contributed by atoms with Crippen molar-refractivity contribution in [3.05, 3.63) is 24.2 Å². The Kier molecular flexibility index (Phi) is 9.40. The third-order valence-electron chi connectivity index (χ3n) is 2.76. The standard InChI is InChI=1S/C15H27N3O2/c1-3-16-15(17-10-5-6-12-19-4-2)18-11-9-14-8-7-13-20-14/h7-8,13H,3-6,9-12H2,1-2H3,(H2,16,17,18). The third kappa shape index (κ3) is 7.84. The summed E-state index contributed by atoms with van der Waals surface area (Å²) in [5.74, 6) is 1.86. The van der Waals surface area contributed by atoms with E-state index in [1.54, 1.807) is 6.26 Å². The van der Waals surface area contributed by atoms with E-state index in [1.807, 2.05) is 19.1 Å². The minimum atomic E-state index is 0.792. The van der Waals surface area contributed by atoms with Crippen LogP contribution in [0.2, 0.25) is 0 Å². The van der Waals surface area contributed by atoms with E-state index in [-0.39, 0.29) is 0 Å². The van der Waals surface area contributed by atoms with Crippen LogP contribution in [0.5, 0.6) is 0 Å². The van der Waals surface area contributed by atoms with Crippen LogP contribution in [0.3, 0.4) is 0 Å². The van der Waals surface area contributed by atoms with Gasteiger partial charge >= 0.3 is 0 Å². The fourth-order valence-corrected chi connectivity index (χ4v) is 1.75. The fraction of sp³-hybridized carbons (Fsp3) is 0.667. The number of nitrogens with one attached hydrogen (secondary N) is 2. The summed E-state index contributed by atoms with van der Waals surface area (Å²) < 4.78 is 10.6. The van der Waals surface area contributed by atoms with Crippen LogP contribution >= 0.6 is 0 Å². The molecule has 5 heteroatoms. The van der Waals surface area contributed by atoms with Crippen LogP contribution in [-0.4, -0.2) is 38.8 Å². The van der Waals surface area contributed by atoms with E-state index in [0.29, 0.717) is 0 Å². The van der Waals surface area contributed by atoms with Crippen molar-refractivity contribution in [3.8, 4) is 0 Å². The van der Waals surface area contributed by atoms with E-state index in [2.05, 4.69) is 22.5 Å². The molecule has 0 aromatic carbocycles. The molecule has 2 N–H and O–H groups in total. The molecule has 0 radical (unpaired) electrons. The van der Waals surface area contributed by atoms with Gasteiger partial charge in [-0.25, -0.2) is 0 Å². The van der Waals surface area contributed by atoms with Crippen molar-refractivity contribution < 1.29 is 9.15 Å². The van der Waals surface area contributed by atoms with Gasteiger partial charge in [-0.2, -0.15) is 0 Å². The Labute approximate surface area is 121 Å². The number of rotatable bonds is 10. The Morgan fingerprint density at radius 1 is 1.30 bits per heavy atom. The lowest BCUT2D eigenvalue weighted by Crippen LogP contribution is -2.38. The molecule has 5 nitrogen and oxygen atoms in total. The first kappa shape index (κ1) is 16.6. The Morgan fingerprint density at radius 2 is 2.20 bits per heavy atom. The maximum atomic E-state index is 5.30. The SMILES string of the molecule is CCNC(=NCCCCOCC)NCCc1ccco1. The van der Waals surface area contributed by atoms with Crippen molar-refractivity contribution in [1.29, 1.82) is 0 Å². The predicted molar refractivity (Wildman–Crippen MR) is 82.1 cm³/mol. The number of hydrogen-bond donors (Lipinski definition) is 2. The molecule has 0 aliphatic heterocycles. The molecule has 1 aromatic heterocycles. The normalized spacial score (nSPS) is 11.6. The van der Waals surface area contributed by atoms with Gasteiger partial charge in [0.1, 0.15) is 5.76 Å². The Hall–Kier alpha value is -1.49. The third-order valence-corrected chi connectivity index (χ3v) is 2.76. The van der Waals surface area contributed by atoms with E-state index >= 15 is 0 Å². The Bertz CT molecular complexity index is 350. The smallest absolute Gasteiger partial charge is 0.191 e. The summed E-state index contributed by atoms with van der Waals surface area (Å²) in [6, 6.07) is 3.90. The molecular weight excluding hydrogens is 254 g/mol. The number of aliphatic imine (C=N–C) groups is 1. The van der Waals surface area contributed by atoms with Gasteiger partial charge in [0.25, 0.3) is 0 Å². The lowest BCUT2D eigenvalue weighted by molar-refractivity contribution is 0.144. The first-order valence-corrected chi connectivity index (χ1v) is 7.49. The van der Waals surface area contributed by atoms with Gasteiger partial charge in [0.05, 0.1) is 6.26 Å². The Morgan fingerprint density at radius 3 is 2.90 bits per heavy atom. The van der Waals surface area contributed by atoms with Crippen molar-refractivity contribution in [2.45, 2.75) is 33.1 Å². The number of nitrogens with zero attached hydrogens (tertiary/aromatic N) is 1. The average molecular weight is 281 g/mol. The summed E-state index contributed by atoms with van der Waals surface area (Å²) in [6.07, 6.45) is 4.67. The highest BCUT2D eigenvalue weighted by Gasteiger charge is 1.99. The molecule has 0 aliphatic rings. The van der Waals surface area contributed by atoms with Gasteiger partial charge in [0.15, 0.2) is 5.96 Å². The molecule has 1 heterocycles. The molecule has 0 amide bonds. The molecule has 0 fully saturated rings. The largest absolute Gasteiger partial charge is 0.469 e. The van der Waals surface area contributed by atoms with E-state index in [0.717, 1.165) is 63.8 Å². The number of hydrogen-bond acceptors (Lipinski definition) is 3. The maximum Gasteiger partial charge on any atom is 0.191 e. The molecule has 0 unspecified atom stereocenters. The van der Waals surface area contributed by atoms with Crippen LogP contribution in [0.4, 0.5) is 0 Å². The first-order chi connectivity index (χ1) is 9.86. The molecule has 0 saturated heterocycles. The van der Waals surface area contributed by atoms with Crippen molar-refractivity contribution in [1.82, 2.24) is 10.6 Å². The van der Waals surface area contributed by atoms with E-state index in [4.69, 9.17) is 9.15 Å². The monoisotopic (exact) mass is 281 g/mol. The van der Waals surface area contributed by atoms with Gasteiger partial charge in [0, 0.05) is 39.3 Å². The molecule has 0 atom stereocenters. The molecule has 0 aliphatic carbocycles. The molecule has 114 valence electrons. The second-order valence-corrected chi connectivity index (χ2v) is 4.42. The van der Waals surface area contributed by atoms with Crippen molar-refractivity contribution in [2.75, 3.05) is 32.8 Å². The zero-order valence-electron chi connectivity index (χ0n) is 12.7. The highest BCUT2D eigenvalue weighted by molar-refractivity contribution is 5.79. The lowest BCUT2D eigenvalue weighted by Gasteiger charge is -2.10. The van der Waals surface area contributed by atoms with E-state index in [1.165, 1.54) is 0 Å². The zero-order valence-corrected chi connectivity index (χ0v) is 12.7. The summed E-state index contributed by atoms with van der Waals surface area (Å²) in [5.41, 5.74) is 0. The fourth-order valence-electron chi connectivity index (χ4n) is 1.75. The summed E-state index contributed by atoms with van der Waals surface area (Å²) in [6.45, 7) is 8.21. The quantitative estimate of drug-likeness (QED) is 0.392. The van der Waals surface area contributed by atoms with Crippen LogP contribution in [0.15, 0.2) is 27.8 Å². The maximum absolute atomic E-state index is 5.30. The van der Waals surface area contributed by atoms with Gasteiger partial charge in [-0.1, -0.05) is 0 Å². The minimum absolute atomic E-state index is 0.792. The molecular formula is C15H27N3O2. The Balaban J connectivity index is 2.17. The van der Waals surface area contributed by atoms with Crippen LogP contribution in [0.1, 0.15) is 32.4 Å². The topological polar surface area (TPSA) is 58.8 Å². The molecule has 0 spiro atoms. The van der Waals surface area contributed by atoms with Crippen LogP contribution < -0.4 is 10.6 Å². The van der Waals surface area contributed by atoms with Crippen LogP contribution in [-0.2, 0) is 11.2 Å². The van der Waals surface area contributed by atoms with Gasteiger partial charge in [-0.15, -0.1) is 0 Å². The van der Waals surface area contributed by atoms with Gasteiger partial charge in [-0.3, -0.25) is 4.99 Å². The van der Waals surface area contributed by atoms with Crippen molar-refractivity contribution >= 4 is 5.96 Å². The number of ether oxygens (including phenoxy) is 1. The minimum Gasteiger partial charge on any atom is -0.469 e. The molecule has 0 saturated carbocycles. The van der Waals surface area contributed by atoms with Crippen molar-refractivity contribution in [3.63, 3.8) is 0 Å². The highest BCUT2D eigenvalue weighted by atomic mass is 16.5. The van der Waals surface area contributed by atoms with Crippen molar-refractivity contribution in [2.24, 2.45) is 4.99 Å². The number of guanidine groups is 1. The zero-order chi connectivity index (χ0) is 14.5. The van der Waals surface area contributed by atoms with E-state index < -0.39 is 0 Å². The first-order valence-electron chi connectivity index (χ1n) is 7.49. The summed E-state index contributed by atoms with van der Waals surface area (Å²) in [4.78, 5) is 4.54. The average Bonchev–Trinajstić information content (AvgIpc) is 2.96. The molecule has 1 aromatic rings. The van der Waals surface area contributed by atoms with Gasteiger partial charge in [-0.05, 0) is 38.8 Å². The second kappa shape index (κ2) is 11.3. The van der Waals surface area contributed by atoms with Crippen LogP contribution in [0, 0.1) is 0 Å². The summed E-state index contributed by atoms with van der Waals surface area (Å²) in [5, 5.41) is 6.55. The highest BCUT2D eigenvalue weighted by Crippen LogP contribution is 1.99. The number of furan rings is 1. The van der Waals surface area contributed by atoms with E-state index in [9.17, 15) is 0 Å². The number of unbranched alkanes of at least 4 members (excludes halogenated alkanes) is 1. The second-order valence-electron chi connectivity index (χ2n) is 4.42. The summed E-state index contributed by atoms with van der Waals surface area (Å²) in [7, 11) is 0.